The number of benzene rings is 2. The molecule has 2 heterocycles. The monoisotopic (exact) mass is 499 g/mol. The van der Waals surface area contributed by atoms with E-state index in [1.807, 2.05) is 12.1 Å². The zero-order valence-electron chi connectivity index (χ0n) is 16.7. The van der Waals surface area contributed by atoms with Gasteiger partial charge in [-0.25, -0.2) is 0 Å². The highest BCUT2D eigenvalue weighted by molar-refractivity contribution is 9.10. The molecule has 4 rings (SSSR count). The van der Waals surface area contributed by atoms with Crippen molar-refractivity contribution in [3.05, 3.63) is 62.0 Å². The third-order valence-corrected chi connectivity index (χ3v) is 6.72. The number of ether oxygens (including phenoxy) is 1. The van der Waals surface area contributed by atoms with E-state index >= 15 is 0 Å². The highest BCUT2D eigenvalue weighted by Crippen LogP contribution is 2.32. The molecule has 2 aromatic rings. The molecule has 29 heavy (non-hydrogen) atoms. The summed E-state index contributed by atoms with van der Waals surface area (Å²) in [6.07, 6.45) is 2.27. The van der Waals surface area contributed by atoms with Crippen molar-refractivity contribution in [1.82, 2.24) is 4.90 Å². The van der Waals surface area contributed by atoms with E-state index in [-0.39, 0.29) is 6.10 Å². The van der Waals surface area contributed by atoms with Gasteiger partial charge in [-0.1, -0.05) is 45.2 Å². The molecule has 1 atom stereocenters. The SMILES string of the molecule is CN.Clc1ccc(N2CCN(CCC3OCCc4cc(Br)ccc43)CC2)cc1Cl. The van der Waals surface area contributed by atoms with Gasteiger partial charge < -0.3 is 15.4 Å². The lowest BCUT2D eigenvalue weighted by atomic mass is 9.95. The molecule has 1 saturated heterocycles. The first-order valence-electron chi connectivity index (χ1n) is 10.00. The maximum absolute atomic E-state index is 6.16. The lowest BCUT2D eigenvalue weighted by molar-refractivity contribution is 0.0289. The number of anilines is 1. The van der Waals surface area contributed by atoms with Gasteiger partial charge in [0, 0.05) is 42.9 Å². The van der Waals surface area contributed by atoms with Crippen LogP contribution in [0.25, 0.3) is 0 Å². The molecule has 0 saturated carbocycles. The molecule has 0 amide bonds. The second-order valence-corrected chi connectivity index (χ2v) is 8.90. The normalized spacial score (nSPS) is 19.3. The lowest BCUT2D eigenvalue weighted by Crippen LogP contribution is -2.47. The maximum atomic E-state index is 6.16. The Morgan fingerprint density at radius 3 is 2.52 bits per heavy atom. The molecule has 0 aromatic heterocycles. The van der Waals surface area contributed by atoms with Gasteiger partial charge in [0.05, 0.1) is 22.8 Å². The van der Waals surface area contributed by atoms with E-state index in [0.29, 0.717) is 10.0 Å². The molecule has 1 fully saturated rings. The zero-order chi connectivity index (χ0) is 20.8. The van der Waals surface area contributed by atoms with Gasteiger partial charge in [0.1, 0.15) is 0 Å². The minimum absolute atomic E-state index is 0.218. The summed E-state index contributed by atoms with van der Waals surface area (Å²) < 4.78 is 7.22. The highest BCUT2D eigenvalue weighted by atomic mass is 79.9. The van der Waals surface area contributed by atoms with Crippen molar-refractivity contribution in [2.45, 2.75) is 18.9 Å². The Morgan fingerprint density at radius 1 is 1.03 bits per heavy atom. The smallest absolute Gasteiger partial charge is 0.0839 e. The summed E-state index contributed by atoms with van der Waals surface area (Å²) in [7, 11) is 1.50. The largest absolute Gasteiger partial charge is 0.373 e. The van der Waals surface area contributed by atoms with Crippen LogP contribution in [-0.4, -0.2) is 51.3 Å². The Hall–Kier alpha value is -0.820. The van der Waals surface area contributed by atoms with Crippen molar-refractivity contribution in [2.75, 3.05) is 51.3 Å². The van der Waals surface area contributed by atoms with Gasteiger partial charge >= 0.3 is 0 Å². The minimum atomic E-state index is 0.218. The molecule has 2 aliphatic rings. The van der Waals surface area contributed by atoms with E-state index < -0.39 is 0 Å². The highest BCUT2D eigenvalue weighted by Gasteiger charge is 2.23. The van der Waals surface area contributed by atoms with Crippen LogP contribution in [0.5, 0.6) is 0 Å². The third-order valence-electron chi connectivity index (χ3n) is 5.49. The predicted molar refractivity (Wildman–Crippen MR) is 126 cm³/mol. The van der Waals surface area contributed by atoms with Crippen LogP contribution in [0.15, 0.2) is 40.9 Å². The average Bonchev–Trinajstić information content (AvgIpc) is 2.75. The molecule has 4 nitrogen and oxygen atoms in total. The van der Waals surface area contributed by atoms with Crippen LogP contribution in [-0.2, 0) is 11.2 Å². The average molecular weight is 501 g/mol. The fourth-order valence-corrected chi connectivity index (χ4v) is 4.66. The Bertz CT molecular complexity index is 813. The summed E-state index contributed by atoms with van der Waals surface area (Å²) in [5.74, 6) is 0. The number of hydrogen-bond acceptors (Lipinski definition) is 4. The topological polar surface area (TPSA) is 41.7 Å². The van der Waals surface area contributed by atoms with E-state index in [0.717, 1.165) is 62.3 Å². The number of fused-ring (bicyclic) bond motifs is 1. The van der Waals surface area contributed by atoms with E-state index in [1.165, 1.54) is 18.2 Å². The van der Waals surface area contributed by atoms with E-state index in [9.17, 15) is 0 Å². The molecule has 2 N–H and O–H groups in total. The van der Waals surface area contributed by atoms with Crippen molar-refractivity contribution in [2.24, 2.45) is 5.73 Å². The van der Waals surface area contributed by atoms with Gasteiger partial charge in [-0.05, 0) is 61.3 Å². The summed E-state index contributed by atoms with van der Waals surface area (Å²) in [6, 6.07) is 12.5. The Kier molecular flexibility index (Phi) is 8.66. The van der Waals surface area contributed by atoms with Crippen LogP contribution in [0, 0.1) is 0 Å². The zero-order valence-corrected chi connectivity index (χ0v) is 19.8. The van der Waals surface area contributed by atoms with Crippen molar-refractivity contribution < 1.29 is 4.74 Å². The van der Waals surface area contributed by atoms with Crippen LogP contribution < -0.4 is 10.6 Å². The first-order chi connectivity index (χ1) is 14.1. The van der Waals surface area contributed by atoms with Crippen LogP contribution in [0.2, 0.25) is 10.0 Å². The van der Waals surface area contributed by atoms with Crippen LogP contribution in [0.1, 0.15) is 23.7 Å². The number of halogens is 3. The molecule has 0 spiro atoms. The van der Waals surface area contributed by atoms with E-state index in [2.05, 4.69) is 55.7 Å². The van der Waals surface area contributed by atoms with Gasteiger partial charge in [0.2, 0.25) is 0 Å². The summed E-state index contributed by atoms with van der Waals surface area (Å²) in [5, 5.41) is 1.23. The molecule has 0 bridgehead atoms. The van der Waals surface area contributed by atoms with Gasteiger partial charge in [0.25, 0.3) is 0 Å². The predicted octanol–water partition coefficient (Wildman–Crippen LogP) is 5.16. The van der Waals surface area contributed by atoms with Crippen molar-refractivity contribution in [1.29, 1.82) is 0 Å². The number of rotatable bonds is 4. The number of nitrogens with zero attached hydrogens (tertiary/aromatic N) is 2. The van der Waals surface area contributed by atoms with Crippen molar-refractivity contribution in [3.8, 4) is 0 Å². The molecule has 7 heteroatoms. The van der Waals surface area contributed by atoms with Crippen LogP contribution in [0.4, 0.5) is 5.69 Å². The first-order valence-corrected chi connectivity index (χ1v) is 11.5. The number of nitrogens with two attached hydrogens (primary N) is 1. The van der Waals surface area contributed by atoms with Gasteiger partial charge in [-0.15, -0.1) is 0 Å². The molecular weight excluding hydrogens is 473 g/mol. The first kappa shape index (κ1) is 22.9. The molecule has 158 valence electrons. The van der Waals surface area contributed by atoms with Gasteiger partial charge in [-0.2, -0.15) is 0 Å². The van der Waals surface area contributed by atoms with Crippen molar-refractivity contribution in [3.63, 3.8) is 0 Å². The quantitative estimate of drug-likeness (QED) is 0.629. The fourth-order valence-electron chi connectivity index (χ4n) is 3.96. The van der Waals surface area contributed by atoms with Crippen LogP contribution >= 0.6 is 39.1 Å². The van der Waals surface area contributed by atoms with Crippen molar-refractivity contribution >= 4 is 44.8 Å². The molecule has 1 unspecified atom stereocenters. The second-order valence-electron chi connectivity index (χ2n) is 7.17. The molecule has 0 radical (unpaired) electrons. The minimum Gasteiger partial charge on any atom is -0.373 e. The Labute approximate surface area is 192 Å². The molecule has 2 aromatic carbocycles. The Morgan fingerprint density at radius 2 is 1.79 bits per heavy atom. The number of hydrogen-bond donors (Lipinski definition) is 1. The molecule has 2 aliphatic heterocycles. The van der Waals surface area contributed by atoms with Gasteiger partial charge in [0.15, 0.2) is 0 Å². The fraction of sp³-hybridized carbons (Fsp3) is 0.455. The standard InChI is InChI=1S/C21H23BrCl2N2O.CH5N/c22-16-1-3-18-15(13-16)6-12-27-21(18)5-7-25-8-10-26(11-9-25)17-2-4-19(23)20(24)14-17;1-2/h1-4,13-14,21H,5-12H2;2H2,1H3. The van der Waals surface area contributed by atoms with Gasteiger partial charge in [-0.3, -0.25) is 4.90 Å². The summed E-state index contributed by atoms with van der Waals surface area (Å²) in [6.45, 7) is 6.01. The summed E-state index contributed by atoms with van der Waals surface area (Å²) in [5.41, 5.74) is 8.43. The summed E-state index contributed by atoms with van der Waals surface area (Å²) >= 11 is 15.8. The summed E-state index contributed by atoms with van der Waals surface area (Å²) in [4.78, 5) is 4.91. The lowest BCUT2D eigenvalue weighted by Gasteiger charge is -2.37. The molecule has 0 aliphatic carbocycles. The maximum Gasteiger partial charge on any atom is 0.0839 e. The van der Waals surface area contributed by atoms with E-state index in [1.54, 1.807) is 0 Å². The third kappa shape index (κ3) is 5.87. The van der Waals surface area contributed by atoms with Crippen LogP contribution in [0.3, 0.4) is 0 Å². The Balaban J connectivity index is 0.00000117. The number of piperazine rings is 1. The van der Waals surface area contributed by atoms with E-state index in [4.69, 9.17) is 27.9 Å². The molecular formula is C22H28BrCl2N3O. The second kappa shape index (κ2) is 11.0.